The molecule has 1 aliphatic rings. The van der Waals surface area contributed by atoms with E-state index in [9.17, 15) is 23.2 Å². The molecular weight excluding hydrogens is 459 g/mol. The van der Waals surface area contributed by atoms with Gasteiger partial charge < -0.3 is 18.9 Å². The van der Waals surface area contributed by atoms with Gasteiger partial charge in [0.05, 0.1) is 11.2 Å². The molecule has 0 bridgehead atoms. The molecule has 3 aromatic rings. The minimum Gasteiger partial charge on any atom is -0.490 e. The lowest BCUT2D eigenvalue weighted by molar-refractivity contribution is -0.274. The topological polar surface area (TPSA) is 67.5 Å². The summed E-state index contributed by atoms with van der Waals surface area (Å²) in [5.41, 5.74) is 0.928. The second-order valence-electron chi connectivity index (χ2n) is 7.68. The predicted octanol–water partition coefficient (Wildman–Crippen LogP) is 5.01. The Morgan fingerprint density at radius 1 is 1.09 bits per heavy atom. The molecule has 10 heteroatoms. The van der Waals surface area contributed by atoms with Gasteiger partial charge in [-0.1, -0.05) is 11.6 Å². The molecule has 0 saturated carbocycles. The second-order valence-corrected chi connectivity index (χ2v) is 8.12. The van der Waals surface area contributed by atoms with E-state index in [0.29, 0.717) is 47.9 Å². The summed E-state index contributed by atoms with van der Waals surface area (Å²) in [5, 5.41) is 10.9. The van der Waals surface area contributed by atoms with Gasteiger partial charge in [0.25, 0.3) is 5.56 Å². The van der Waals surface area contributed by atoms with E-state index in [1.165, 1.54) is 28.8 Å². The van der Waals surface area contributed by atoms with Crippen LogP contribution in [0.5, 0.6) is 11.5 Å². The van der Waals surface area contributed by atoms with Crippen LogP contribution < -0.4 is 19.9 Å². The number of fused-ring (bicyclic) bond motifs is 1. The molecular formula is C23H19ClF3N3O3. The molecule has 0 radical (unpaired) electrons. The van der Waals surface area contributed by atoms with Gasteiger partial charge in [-0.15, -0.1) is 13.2 Å². The summed E-state index contributed by atoms with van der Waals surface area (Å²) in [4.78, 5) is 14.7. The molecule has 1 aromatic heterocycles. The predicted molar refractivity (Wildman–Crippen MR) is 118 cm³/mol. The maximum absolute atomic E-state index is 12.8. The molecule has 0 spiro atoms. The molecule has 172 valence electrons. The highest BCUT2D eigenvalue weighted by molar-refractivity contribution is 6.31. The highest BCUT2D eigenvalue weighted by Gasteiger charge is 2.31. The van der Waals surface area contributed by atoms with Gasteiger partial charge in [-0.2, -0.15) is 5.26 Å². The van der Waals surface area contributed by atoms with Crippen molar-refractivity contribution in [1.29, 1.82) is 5.26 Å². The first-order valence-electron chi connectivity index (χ1n) is 10.2. The minimum absolute atomic E-state index is 0.0619. The van der Waals surface area contributed by atoms with Crippen molar-refractivity contribution in [3.8, 4) is 17.6 Å². The molecule has 6 nitrogen and oxygen atoms in total. The molecule has 0 atom stereocenters. The molecule has 0 amide bonds. The normalized spacial score (nSPS) is 14.8. The fraction of sp³-hybridized carbons (Fsp3) is 0.304. The van der Waals surface area contributed by atoms with Gasteiger partial charge in [0.15, 0.2) is 0 Å². The number of pyridine rings is 1. The largest absolute Gasteiger partial charge is 0.573 e. The first-order valence-corrected chi connectivity index (χ1v) is 10.5. The van der Waals surface area contributed by atoms with Gasteiger partial charge >= 0.3 is 6.36 Å². The number of nitrogens with zero attached hydrogens (tertiary/aromatic N) is 3. The van der Waals surface area contributed by atoms with Crippen molar-refractivity contribution in [3.05, 3.63) is 63.4 Å². The van der Waals surface area contributed by atoms with Crippen LogP contribution in [0.4, 0.5) is 18.9 Å². The molecule has 1 fully saturated rings. The number of aromatic nitrogens is 1. The van der Waals surface area contributed by atoms with Crippen LogP contribution in [-0.2, 0) is 7.05 Å². The van der Waals surface area contributed by atoms with Crippen LogP contribution in [0.25, 0.3) is 10.9 Å². The van der Waals surface area contributed by atoms with Crippen molar-refractivity contribution in [2.75, 3.05) is 18.0 Å². The average Bonchev–Trinajstić information content (AvgIpc) is 2.77. The van der Waals surface area contributed by atoms with E-state index >= 15 is 0 Å². The number of hydrogen-bond donors (Lipinski definition) is 0. The summed E-state index contributed by atoms with van der Waals surface area (Å²) in [6.45, 7) is 1.06. The molecule has 1 saturated heterocycles. The lowest BCUT2D eigenvalue weighted by Gasteiger charge is -2.35. The van der Waals surface area contributed by atoms with E-state index < -0.39 is 6.36 Å². The quantitative estimate of drug-likeness (QED) is 0.528. The second kappa shape index (κ2) is 8.87. The number of nitriles is 1. The monoisotopic (exact) mass is 477 g/mol. The van der Waals surface area contributed by atoms with Crippen molar-refractivity contribution >= 4 is 28.2 Å². The van der Waals surface area contributed by atoms with Gasteiger partial charge in [0.1, 0.15) is 29.2 Å². The lowest BCUT2D eigenvalue weighted by atomic mass is 10.0. The van der Waals surface area contributed by atoms with Crippen LogP contribution in [0, 0.1) is 11.3 Å². The third kappa shape index (κ3) is 4.86. The zero-order valence-corrected chi connectivity index (χ0v) is 18.3. The number of rotatable bonds is 4. The fourth-order valence-corrected chi connectivity index (χ4v) is 4.21. The maximum Gasteiger partial charge on any atom is 0.573 e. The maximum atomic E-state index is 12.8. The number of piperidine rings is 1. The van der Waals surface area contributed by atoms with Gasteiger partial charge in [-0.3, -0.25) is 4.79 Å². The first kappa shape index (κ1) is 22.8. The minimum atomic E-state index is -4.75. The number of anilines is 1. The van der Waals surface area contributed by atoms with Crippen LogP contribution in [-0.4, -0.2) is 30.1 Å². The Balaban J connectivity index is 1.52. The van der Waals surface area contributed by atoms with E-state index in [1.807, 2.05) is 11.0 Å². The molecule has 2 heterocycles. The SMILES string of the molecule is Cn1c(=O)c(C#N)c(N2CCC(Oc3ccc(OC(F)(F)F)cc3)CC2)c2cc(Cl)ccc21. The van der Waals surface area contributed by atoms with Gasteiger partial charge in [0.2, 0.25) is 0 Å². The summed E-state index contributed by atoms with van der Waals surface area (Å²) in [5.74, 6) is 0.122. The molecule has 1 aliphatic heterocycles. The number of aryl methyl sites for hydroxylation is 1. The lowest BCUT2D eigenvalue weighted by Crippen LogP contribution is -2.40. The number of benzene rings is 2. The Morgan fingerprint density at radius 3 is 2.33 bits per heavy atom. The summed E-state index contributed by atoms with van der Waals surface area (Å²) < 4.78 is 48.1. The summed E-state index contributed by atoms with van der Waals surface area (Å²) >= 11 is 6.20. The summed E-state index contributed by atoms with van der Waals surface area (Å²) in [6.07, 6.45) is -3.71. The fourth-order valence-electron chi connectivity index (χ4n) is 4.04. The highest BCUT2D eigenvalue weighted by Crippen LogP contribution is 2.33. The van der Waals surface area contributed by atoms with Crippen molar-refractivity contribution in [1.82, 2.24) is 4.57 Å². The third-order valence-electron chi connectivity index (χ3n) is 5.56. The van der Waals surface area contributed by atoms with Crippen molar-refractivity contribution in [2.24, 2.45) is 7.05 Å². The Kier molecular flexibility index (Phi) is 6.13. The Morgan fingerprint density at radius 2 is 1.73 bits per heavy atom. The van der Waals surface area contributed by atoms with Crippen LogP contribution in [0.2, 0.25) is 5.02 Å². The van der Waals surface area contributed by atoms with Crippen molar-refractivity contribution < 1.29 is 22.6 Å². The number of alkyl halides is 3. The van der Waals surface area contributed by atoms with Crippen molar-refractivity contribution in [3.63, 3.8) is 0 Å². The zero-order chi connectivity index (χ0) is 23.8. The Bertz CT molecular complexity index is 1280. The van der Waals surface area contributed by atoms with Crippen LogP contribution in [0.3, 0.4) is 0 Å². The standard InChI is InChI=1S/C23H19ClF3N3O3/c1-29-20-7-2-14(24)12-18(20)21(19(13-28)22(29)31)30-10-8-16(9-11-30)32-15-3-5-17(6-4-15)33-23(25,26)27/h2-7,12,16H,8-11H2,1H3. The van der Waals surface area contributed by atoms with Gasteiger partial charge in [-0.25, -0.2) is 0 Å². The van der Waals surface area contributed by atoms with Crippen LogP contribution in [0.15, 0.2) is 47.3 Å². The summed E-state index contributed by atoms with van der Waals surface area (Å²) in [6, 6.07) is 12.5. The number of ether oxygens (including phenoxy) is 2. The summed E-state index contributed by atoms with van der Waals surface area (Å²) in [7, 11) is 1.62. The average molecular weight is 478 g/mol. The molecule has 33 heavy (non-hydrogen) atoms. The van der Waals surface area contributed by atoms with Crippen LogP contribution >= 0.6 is 11.6 Å². The first-order chi connectivity index (χ1) is 15.7. The van der Waals surface area contributed by atoms with E-state index in [4.69, 9.17) is 16.3 Å². The molecule has 0 N–H and O–H groups in total. The Labute approximate surface area is 192 Å². The zero-order valence-electron chi connectivity index (χ0n) is 17.5. The van der Waals surface area contributed by atoms with E-state index in [0.717, 1.165) is 5.39 Å². The third-order valence-corrected chi connectivity index (χ3v) is 5.80. The van der Waals surface area contributed by atoms with E-state index in [-0.39, 0.29) is 23.0 Å². The smallest absolute Gasteiger partial charge is 0.490 e. The van der Waals surface area contributed by atoms with Gasteiger partial charge in [0, 0.05) is 43.4 Å². The number of halogens is 4. The molecule has 2 aromatic carbocycles. The van der Waals surface area contributed by atoms with E-state index in [1.54, 1.807) is 25.2 Å². The number of hydrogen-bond acceptors (Lipinski definition) is 5. The molecule has 0 aliphatic carbocycles. The molecule has 0 unspecified atom stereocenters. The van der Waals surface area contributed by atoms with Crippen molar-refractivity contribution in [2.45, 2.75) is 25.3 Å². The van der Waals surface area contributed by atoms with Crippen LogP contribution in [0.1, 0.15) is 18.4 Å². The highest BCUT2D eigenvalue weighted by atomic mass is 35.5. The Hall–Kier alpha value is -3.38. The van der Waals surface area contributed by atoms with Gasteiger partial charge in [-0.05, 0) is 42.5 Å². The van der Waals surface area contributed by atoms with E-state index in [2.05, 4.69) is 4.74 Å². The molecule has 4 rings (SSSR count).